The first kappa shape index (κ1) is 12.8. The topological polar surface area (TPSA) is 44.8 Å². The van der Waals surface area contributed by atoms with E-state index in [2.05, 4.69) is 15.9 Å². The van der Waals surface area contributed by atoms with Crippen LogP contribution in [0.25, 0.3) is 0 Å². The lowest BCUT2D eigenvalue weighted by Gasteiger charge is -2.14. The largest absolute Gasteiger partial charge is 0.496 e. The van der Waals surface area contributed by atoms with Crippen molar-refractivity contribution in [2.75, 3.05) is 21.3 Å². The van der Waals surface area contributed by atoms with Crippen molar-refractivity contribution in [2.24, 2.45) is 0 Å². The van der Waals surface area contributed by atoms with Crippen LogP contribution in [0.5, 0.6) is 11.5 Å². The second-order valence-corrected chi connectivity index (χ2v) is 3.94. The van der Waals surface area contributed by atoms with Crippen molar-refractivity contribution in [3.8, 4) is 11.5 Å². The van der Waals surface area contributed by atoms with Gasteiger partial charge in [0.15, 0.2) is 0 Å². The molecule has 0 bridgehead atoms. The van der Waals surface area contributed by atoms with Crippen molar-refractivity contribution in [1.82, 2.24) is 0 Å². The number of carbonyl (C=O) groups excluding carboxylic acids is 1. The lowest BCUT2D eigenvalue weighted by molar-refractivity contribution is 0.0595. The molecule has 0 amide bonds. The van der Waals surface area contributed by atoms with Gasteiger partial charge in [-0.15, -0.1) is 0 Å². The van der Waals surface area contributed by atoms with E-state index in [1.165, 1.54) is 14.2 Å². The van der Waals surface area contributed by atoms with Gasteiger partial charge in [-0.25, -0.2) is 4.79 Å². The summed E-state index contributed by atoms with van der Waals surface area (Å²) < 4.78 is 15.7. The predicted octanol–water partition coefficient (Wildman–Crippen LogP) is 2.56. The molecule has 5 heteroatoms. The predicted molar refractivity (Wildman–Crippen MR) is 63.3 cm³/mol. The van der Waals surface area contributed by atoms with Crippen molar-refractivity contribution in [2.45, 2.75) is 6.92 Å². The summed E-state index contributed by atoms with van der Waals surface area (Å²) in [7, 11) is 4.39. The molecule has 88 valence electrons. The summed E-state index contributed by atoms with van der Waals surface area (Å²) in [6.07, 6.45) is 0. The van der Waals surface area contributed by atoms with E-state index in [1.54, 1.807) is 13.2 Å². The minimum atomic E-state index is -0.450. The molecule has 0 radical (unpaired) electrons. The van der Waals surface area contributed by atoms with Crippen LogP contribution in [0.15, 0.2) is 10.5 Å². The van der Waals surface area contributed by atoms with Crippen molar-refractivity contribution >= 4 is 21.9 Å². The molecule has 0 aliphatic rings. The standard InChI is InChI=1S/C11H13BrO4/c1-6-8(14-2)5-7(12)9(10(6)15-3)11(13)16-4/h5H,1-4H3. The van der Waals surface area contributed by atoms with Gasteiger partial charge in [0, 0.05) is 10.0 Å². The van der Waals surface area contributed by atoms with Crippen molar-refractivity contribution in [3.63, 3.8) is 0 Å². The molecule has 0 aromatic heterocycles. The summed E-state index contributed by atoms with van der Waals surface area (Å²) in [5.41, 5.74) is 1.12. The average molecular weight is 289 g/mol. The highest BCUT2D eigenvalue weighted by Crippen LogP contribution is 2.37. The molecule has 0 saturated heterocycles. The summed E-state index contributed by atoms with van der Waals surface area (Å²) in [5.74, 6) is 0.656. The second kappa shape index (κ2) is 5.21. The molecular formula is C11H13BrO4. The zero-order chi connectivity index (χ0) is 12.3. The van der Waals surface area contributed by atoms with Crippen LogP contribution >= 0.6 is 15.9 Å². The van der Waals surface area contributed by atoms with E-state index >= 15 is 0 Å². The molecule has 0 heterocycles. The highest BCUT2D eigenvalue weighted by molar-refractivity contribution is 9.10. The maximum atomic E-state index is 11.6. The summed E-state index contributed by atoms with van der Waals surface area (Å²) in [6, 6.07) is 1.71. The third-order valence-electron chi connectivity index (χ3n) is 2.25. The summed E-state index contributed by atoms with van der Waals surface area (Å²) in [6.45, 7) is 1.82. The molecule has 4 nitrogen and oxygen atoms in total. The van der Waals surface area contributed by atoms with Crippen LogP contribution in [0.3, 0.4) is 0 Å². The molecule has 0 fully saturated rings. The maximum Gasteiger partial charge on any atom is 0.342 e. The van der Waals surface area contributed by atoms with Crippen LogP contribution in [0.1, 0.15) is 15.9 Å². The van der Waals surface area contributed by atoms with E-state index in [0.29, 0.717) is 21.5 Å². The van der Waals surface area contributed by atoms with Gasteiger partial charge in [-0.05, 0) is 28.9 Å². The minimum absolute atomic E-state index is 0.364. The summed E-state index contributed by atoms with van der Waals surface area (Å²) in [4.78, 5) is 11.6. The number of halogens is 1. The average Bonchev–Trinajstić information content (AvgIpc) is 2.29. The van der Waals surface area contributed by atoms with E-state index < -0.39 is 5.97 Å². The summed E-state index contributed by atoms with van der Waals surface area (Å²) >= 11 is 3.29. The van der Waals surface area contributed by atoms with Crippen molar-refractivity contribution in [1.29, 1.82) is 0 Å². The quantitative estimate of drug-likeness (QED) is 0.802. The first-order chi connectivity index (χ1) is 7.56. The van der Waals surface area contributed by atoms with Crippen LogP contribution in [0, 0.1) is 6.92 Å². The van der Waals surface area contributed by atoms with Crippen LogP contribution in [-0.2, 0) is 4.74 Å². The monoisotopic (exact) mass is 288 g/mol. The lowest BCUT2D eigenvalue weighted by Crippen LogP contribution is -2.07. The number of esters is 1. The molecule has 0 N–H and O–H groups in total. The Balaban J connectivity index is 3.49. The van der Waals surface area contributed by atoms with Crippen LogP contribution in [0.4, 0.5) is 0 Å². The molecule has 0 saturated carbocycles. The number of rotatable bonds is 3. The minimum Gasteiger partial charge on any atom is -0.496 e. The fourth-order valence-corrected chi connectivity index (χ4v) is 2.01. The van der Waals surface area contributed by atoms with Crippen molar-refractivity contribution in [3.05, 3.63) is 21.7 Å². The van der Waals surface area contributed by atoms with E-state index in [1.807, 2.05) is 6.92 Å². The molecule has 16 heavy (non-hydrogen) atoms. The molecule has 0 unspecified atom stereocenters. The van der Waals surface area contributed by atoms with Gasteiger partial charge < -0.3 is 14.2 Å². The van der Waals surface area contributed by atoms with Gasteiger partial charge in [-0.3, -0.25) is 0 Å². The molecule has 0 atom stereocenters. The van der Waals surface area contributed by atoms with Gasteiger partial charge in [0.25, 0.3) is 0 Å². The third kappa shape index (κ3) is 2.14. The summed E-state index contributed by atoms with van der Waals surface area (Å²) in [5, 5.41) is 0. The lowest BCUT2D eigenvalue weighted by atomic mass is 10.1. The zero-order valence-corrected chi connectivity index (χ0v) is 11.2. The van der Waals surface area contributed by atoms with Gasteiger partial charge in [0.1, 0.15) is 17.1 Å². The molecule has 1 aromatic carbocycles. The Hall–Kier alpha value is -1.23. The van der Waals surface area contributed by atoms with Crippen LogP contribution in [-0.4, -0.2) is 27.3 Å². The molecule has 0 aliphatic heterocycles. The number of hydrogen-bond donors (Lipinski definition) is 0. The maximum absolute atomic E-state index is 11.6. The highest BCUT2D eigenvalue weighted by Gasteiger charge is 2.21. The number of benzene rings is 1. The zero-order valence-electron chi connectivity index (χ0n) is 9.59. The van der Waals surface area contributed by atoms with E-state index in [9.17, 15) is 4.79 Å². The fraction of sp³-hybridized carbons (Fsp3) is 0.364. The van der Waals surface area contributed by atoms with Crippen molar-refractivity contribution < 1.29 is 19.0 Å². The third-order valence-corrected chi connectivity index (χ3v) is 2.87. The smallest absolute Gasteiger partial charge is 0.342 e. The number of hydrogen-bond acceptors (Lipinski definition) is 4. The normalized spacial score (nSPS) is 9.81. The Bertz CT molecular complexity index is 415. The molecule has 1 rings (SSSR count). The van der Waals surface area contributed by atoms with E-state index in [0.717, 1.165) is 5.56 Å². The van der Waals surface area contributed by atoms with Gasteiger partial charge in [0.05, 0.1) is 21.3 Å². The van der Waals surface area contributed by atoms with Crippen LogP contribution < -0.4 is 9.47 Å². The van der Waals surface area contributed by atoms with Gasteiger partial charge in [-0.1, -0.05) is 0 Å². The Morgan fingerprint density at radius 3 is 2.31 bits per heavy atom. The number of methoxy groups -OCH3 is 3. The fourth-order valence-electron chi connectivity index (χ4n) is 1.46. The SMILES string of the molecule is COC(=O)c1c(Br)cc(OC)c(C)c1OC. The number of carbonyl (C=O) groups is 1. The molecular weight excluding hydrogens is 276 g/mol. The molecule has 0 aliphatic carbocycles. The number of ether oxygens (including phenoxy) is 3. The Labute approximate surface area is 103 Å². The van der Waals surface area contributed by atoms with E-state index in [4.69, 9.17) is 14.2 Å². The second-order valence-electron chi connectivity index (χ2n) is 3.09. The highest BCUT2D eigenvalue weighted by atomic mass is 79.9. The Morgan fingerprint density at radius 1 is 1.25 bits per heavy atom. The molecule has 1 aromatic rings. The molecule has 0 spiro atoms. The van der Waals surface area contributed by atoms with E-state index in [-0.39, 0.29) is 0 Å². The van der Waals surface area contributed by atoms with Gasteiger partial charge in [0.2, 0.25) is 0 Å². The first-order valence-corrected chi connectivity index (χ1v) is 5.35. The Kier molecular flexibility index (Phi) is 4.18. The van der Waals surface area contributed by atoms with Crippen LogP contribution in [0.2, 0.25) is 0 Å². The van der Waals surface area contributed by atoms with Gasteiger partial charge >= 0.3 is 5.97 Å². The first-order valence-electron chi connectivity index (χ1n) is 4.56. The Morgan fingerprint density at radius 2 is 1.88 bits per heavy atom. The van der Waals surface area contributed by atoms with Gasteiger partial charge in [-0.2, -0.15) is 0 Å².